The minimum atomic E-state index is -4.82. The minimum absolute atomic E-state index is 0.106. The Morgan fingerprint density at radius 3 is 1.98 bits per heavy atom. The molecule has 3 aromatic carbocycles. The maximum Gasteiger partial charge on any atom is 0.419 e. The van der Waals surface area contributed by atoms with Gasteiger partial charge in [-0.05, 0) is 101 Å². The van der Waals surface area contributed by atoms with Gasteiger partial charge in [0.25, 0.3) is 0 Å². The Labute approximate surface area is 294 Å². The van der Waals surface area contributed by atoms with Crippen molar-refractivity contribution < 1.29 is 31.8 Å². The fraction of sp³-hybridized carbons (Fsp3) is 0.513. The Balaban J connectivity index is 1.62. The van der Waals surface area contributed by atoms with E-state index in [2.05, 4.69) is 49.0 Å². The summed E-state index contributed by atoms with van der Waals surface area (Å²) in [5, 5.41) is 0. The SMILES string of the molecule is CCCCn1c(-c2ccc(Oc3ccc(F)c(C(F)(F)F)c3)cc2)nc2c(OCCCN(CC)CC)cc(OCCCCN(CC)CC)cc21. The molecule has 50 heavy (non-hydrogen) atoms. The van der Waals surface area contributed by atoms with E-state index in [1.807, 2.05) is 24.3 Å². The summed E-state index contributed by atoms with van der Waals surface area (Å²) in [6, 6.07) is 13.6. The van der Waals surface area contributed by atoms with Gasteiger partial charge in [0, 0.05) is 30.8 Å². The van der Waals surface area contributed by atoms with Crippen LogP contribution in [0.2, 0.25) is 0 Å². The maximum atomic E-state index is 13.8. The van der Waals surface area contributed by atoms with Crippen molar-refractivity contribution in [3.05, 3.63) is 66.0 Å². The summed E-state index contributed by atoms with van der Waals surface area (Å²) in [6.07, 6.45) is -0.0263. The number of rotatable bonds is 21. The highest BCUT2D eigenvalue weighted by atomic mass is 19.4. The number of nitrogens with zero attached hydrogens (tertiary/aromatic N) is 4. The van der Waals surface area contributed by atoms with Crippen molar-refractivity contribution in [2.45, 2.75) is 79.4 Å². The van der Waals surface area contributed by atoms with Crippen molar-refractivity contribution in [2.24, 2.45) is 0 Å². The second-order valence-electron chi connectivity index (χ2n) is 12.3. The van der Waals surface area contributed by atoms with Gasteiger partial charge in [-0.15, -0.1) is 0 Å². The fourth-order valence-electron chi connectivity index (χ4n) is 5.89. The van der Waals surface area contributed by atoms with Crippen LogP contribution in [-0.2, 0) is 12.7 Å². The predicted octanol–water partition coefficient (Wildman–Crippen LogP) is 10.1. The zero-order chi connectivity index (χ0) is 36.1. The smallest absolute Gasteiger partial charge is 0.419 e. The number of halogens is 4. The molecule has 4 aromatic rings. The molecule has 11 heteroatoms. The van der Waals surface area contributed by atoms with Crippen LogP contribution in [0, 0.1) is 5.82 Å². The molecule has 0 radical (unpaired) electrons. The molecule has 0 bridgehead atoms. The van der Waals surface area contributed by atoms with Crippen molar-refractivity contribution in [1.82, 2.24) is 19.4 Å². The zero-order valence-corrected chi connectivity index (χ0v) is 30.1. The fourth-order valence-corrected chi connectivity index (χ4v) is 5.89. The third-order valence-electron chi connectivity index (χ3n) is 8.92. The topological polar surface area (TPSA) is 52.0 Å². The van der Waals surface area contributed by atoms with Gasteiger partial charge in [-0.1, -0.05) is 41.0 Å². The lowest BCUT2D eigenvalue weighted by atomic mass is 10.2. The molecule has 0 fully saturated rings. The molecule has 0 aliphatic rings. The van der Waals surface area contributed by atoms with Gasteiger partial charge in [0.15, 0.2) is 5.75 Å². The Hall–Kier alpha value is -3.83. The van der Waals surface area contributed by atoms with Crippen LogP contribution in [-0.4, -0.2) is 71.8 Å². The second kappa shape index (κ2) is 19.0. The van der Waals surface area contributed by atoms with Crippen LogP contribution in [0.15, 0.2) is 54.6 Å². The molecular weight excluding hydrogens is 648 g/mol. The summed E-state index contributed by atoms with van der Waals surface area (Å²) in [4.78, 5) is 9.87. The molecule has 0 saturated carbocycles. The minimum Gasteiger partial charge on any atom is -0.493 e. The molecule has 4 rings (SSSR count). The average molecular weight is 701 g/mol. The first kappa shape index (κ1) is 39.0. The number of fused-ring (bicyclic) bond motifs is 1. The number of ether oxygens (including phenoxy) is 3. The van der Waals surface area contributed by atoms with Gasteiger partial charge in [0.05, 0.1) is 24.3 Å². The van der Waals surface area contributed by atoms with E-state index < -0.39 is 17.6 Å². The van der Waals surface area contributed by atoms with E-state index in [4.69, 9.17) is 19.2 Å². The van der Waals surface area contributed by atoms with E-state index in [0.29, 0.717) is 30.8 Å². The molecule has 0 unspecified atom stereocenters. The lowest BCUT2D eigenvalue weighted by molar-refractivity contribution is -0.140. The number of hydrogen-bond acceptors (Lipinski definition) is 6. The van der Waals surface area contributed by atoms with Crippen LogP contribution < -0.4 is 14.2 Å². The summed E-state index contributed by atoms with van der Waals surface area (Å²) in [6.45, 7) is 18.8. The van der Waals surface area contributed by atoms with Crippen LogP contribution in [0.3, 0.4) is 0 Å². The highest BCUT2D eigenvalue weighted by molar-refractivity contribution is 5.87. The largest absolute Gasteiger partial charge is 0.493 e. The average Bonchev–Trinajstić information content (AvgIpc) is 3.48. The van der Waals surface area contributed by atoms with Gasteiger partial charge < -0.3 is 28.6 Å². The van der Waals surface area contributed by atoms with E-state index in [9.17, 15) is 17.6 Å². The van der Waals surface area contributed by atoms with Crippen molar-refractivity contribution in [3.8, 4) is 34.4 Å². The number of unbranched alkanes of at least 4 members (excludes halogenated alkanes) is 2. The molecule has 274 valence electrons. The van der Waals surface area contributed by atoms with Crippen LogP contribution in [0.1, 0.15) is 72.3 Å². The van der Waals surface area contributed by atoms with E-state index in [1.165, 1.54) is 6.07 Å². The summed E-state index contributed by atoms with van der Waals surface area (Å²) >= 11 is 0. The van der Waals surface area contributed by atoms with Crippen molar-refractivity contribution in [2.75, 3.05) is 52.5 Å². The quantitative estimate of drug-likeness (QED) is 0.0637. The molecule has 0 saturated heterocycles. The zero-order valence-electron chi connectivity index (χ0n) is 30.1. The number of hydrogen-bond donors (Lipinski definition) is 0. The maximum absolute atomic E-state index is 13.8. The summed E-state index contributed by atoms with van der Waals surface area (Å²) in [5.74, 6) is 1.02. The van der Waals surface area contributed by atoms with E-state index in [1.54, 1.807) is 12.1 Å². The first-order valence-corrected chi connectivity index (χ1v) is 18.0. The van der Waals surface area contributed by atoms with Gasteiger partial charge in [0.1, 0.15) is 34.4 Å². The molecular formula is C39H52F4N4O3. The normalized spacial score (nSPS) is 12.0. The molecule has 1 aromatic heterocycles. The summed E-state index contributed by atoms with van der Waals surface area (Å²) < 4.78 is 74.1. The van der Waals surface area contributed by atoms with Crippen LogP contribution >= 0.6 is 0 Å². The highest BCUT2D eigenvalue weighted by Gasteiger charge is 2.34. The molecule has 0 spiro atoms. The monoisotopic (exact) mass is 700 g/mol. The van der Waals surface area contributed by atoms with Crippen LogP contribution in [0.4, 0.5) is 17.6 Å². The molecule has 0 aliphatic carbocycles. The van der Waals surface area contributed by atoms with Crippen molar-refractivity contribution in [1.29, 1.82) is 0 Å². The van der Waals surface area contributed by atoms with Gasteiger partial charge in [-0.2, -0.15) is 13.2 Å². The molecule has 1 heterocycles. The number of imidazole rings is 1. The van der Waals surface area contributed by atoms with Crippen molar-refractivity contribution in [3.63, 3.8) is 0 Å². The Kier molecular flexibility index (Phi) is 14.8. The van der Waals surface area contributed by atoms with Crippen LogP contribution in [0.25, 0.3) is 22.4 Å². The third-order valence-corrected chi connectivity index (χ3v) is 8.92. The van der Waals surface area contributed by atoms with Gasteiger partial charge in [-0.3, -0.25) is 0 Å². The molecule has 0 N–H and O–H groups in total. The van der Waals surface area contributed by atoms with Crippen LogP contribution in [0.5, 0.6) is 23.0 Å². The predicted molar refractivity (Wildman–Crippen MR) is 192 cm³/mol. The first-order valence-electron chi connectivity index (χ1n) is 18.0. The summed E-state index contributed by atoms with van der Waals surface area (Å²) in [7, 11) is 0. The first-order chi connectivity index (χ1) is 24.1. The highest BCUT2D eigenvalue weighted by Crippen LogP contribution is 2.37. The molecule has 0 aliphatic heterocycles. The molecule has 0 amide bonds. The van der Waals surface area contributed by atoms with E-state index in [-0.39, 0.29) is 5.75 Å². The second-order valence-corrected chi connectivity index (χ2v) is 12.3. The third kappa shape index (κ3) is 10.6. The Morgan fingerprint density at radius 1 is 0.700 bits per heavy atom. The standard InChI is InChI=1S/C39H52F4N4O3/c1-6-11-23-47-35-27-32(48-24-13-12-21-45(7-2)8-3)28-36(49-25-14-22-46(9-4)10-5)37(35)44-38(47)29-15-17-30(18-16-29)50-31-19-20-34(40)33(26-31)39(41,42)43/h15-20,26-28H,6-14,21-25H2,1-5H3. The molecule has 7 nitrogen and oxygen atoms in total. The van der Waals surface area contributed by atoms with E-state index >= 15 is 0 Å². The number of aromatic nitrogens is 2. The molecule has 0 atom stereocenters. The lowest BCUT2D eigenvalue weighted by Crippen LogP contribution is -2.25. The summed E-state index contributed by atoms with van der Waals surface area (Å²) in [5.41, 5.74) is 1.11. The van der Waals surface area contributed by atoms with Crippen molar-refractivity contribution >= 4 is 11.0 Å². The number of alkyl halides is 3. The Bertz CT molecular complexity index is 1620. The van der Waals surface area contributed by atoms with Gasteiger partial charge in [-0.25, -0.2) is 9.37 Å². The number of benzene rings is 3. The Morgan fingerprint density at radius 2 is 1.34 bits per heavy atom. The van der Waals surface area contributed by atoms with Gasteiger partial charge in [0.2, 0.25) is 0 Å². The van der Waals surface area contributed by atoms with E-state index in [0.717, 1.165) is 112 Å². The lowest BCUT2D eigenvalue weighted by Gasteiger charge is -2.18. The van der Waals surface area contributed by atoms with Gasteiger partial charge >= 0.3 is 6.18 Å². The number of aryl methyl sites for hydroxylation is 1.